The van der Waals surface area contributed by atoms with Crippen LogP contribution < -0.4 is 26.6 Å². The molecule has 0 unspecified atom stereocenters. The summed E-state index contributed by atoms with van der Waals surface area (Å²) < 4.78 is 47.5. The summed E-state index contributed by atoms with van der Waals surface area (Å²) in [7, 11) is -2.64. The van der Waals surface area contributed by atoms with Gasteiger partial charge in [-0.3, -0.25) is 38.1 Å². The van der Waals surface area contributed by atoms with Crippen molar-refractivity contribution in [2.24, 2.45) is 11.8 Å². The number of cyclic esters (lactones) is 1. The van der Waals surface area contributed by atoms with E-state index in [0.29, 0.717) is 23.1 Å². The molecule has 2 saturated heterocycles. The van der Waals surface area contributed by atoms with E-state index in [2.05, 4.69) is 30.8 Å². The molecule has 0 spiro atoms. The number of nitrogens with zero attached hydrogens (tertiary/aromatic N) is 2. The molecule has 12 atom stereocenters. The third kappa shape index (κ3) is 17.7. The van der Waals surface area contributed by atoms with Crippen molar-refractivity contribution in [3.63, 3.8) is 0 Å². The predicted molar refractivity (Wildman–Crippen MR) is 288 cm³/mol. The van der Waals surface area contributed by atoms with Gasteiger partial charge < -0.3 is 61.2 Å². The van der Waals surface area contributed by atoms with Gasteiger partial charge >= 0.3 is 16.4 Å². The first-order valence-electron chi connectivity index (χ1n) is 26.6. The summed E-state index contributed by atoms with van der Waals surface area (Å²) in [5, 5.41) is 44.7. The summed E-state index contributed by atoms with van der Waals surface area (Å²) in [6, 6.07) is 10.1. The number of aromatic hydroxyl groups is 2. The number of amides is 7. The zero-order valence-electron chi connectivity index (χ0n) is 45.9. The van der Waals surface area contributed by atoms with E-state index in [-0.39, 0.29) is 62.9 Å². The smallest absolute Gasteiger partial charge is 0.397 e. The van der Waals surface area contributed by atoms with Gasteiger partial charge in [0, 0.05) is 20.6 Å². The van der Waals surface area contributed by atoms with Crippen LogP contribution in [0.1, 0.15) is 89.8 Å². The molecule has 7 amide bonds. The molecule has 80 heavy (non-hydrogen) atoms. The molecular weight excluding hydrogens is 1060 g/mol. The van der Waals surface area contributed by atoms with Gasteiger partial charge in [-0.1, -0.05) is 95.1 Å². The number of carbonyl (C=O) groups excluding carboxylic acids is 8. The Morgan fingerprint density at radius 2 is 1.38 bits per heavy atom. The van der Waals surface area contributed by atoms with E-state index < -0.39 is 137 Å². The fourth-order valence-electron chi connectivity index (χ4n) is 9.40. The van der Waals surface area contributed by atoms with E-state index in [4.69, 9.17) is 9.47 Å². The van der Waals surface area contributed by atoms with Crippen LogP contribution in [0.5, 0.6) is 11.5 Å². The number of esters is 1. The number of carbonyl (C=O) groups is 8. The Hall–Kier alpha value is -7.19. The van der Waals surface area contributed by atoms with Crippen LogP contribution in [0, 0.1) is 11.8 Å². The Bertz CT molecular complexity index is 2740. The Balaban J connectivity index is 1.64. The molecule has 5 rings (SSSR count). The summed E-state index contributed by atoms with van der Waals surface area (Å²) in [4.78, 5) is 120. The van der Waals surface area contributed by atoms with Crippen LogP contribution in [0.3, 0.4) is 0 Å². The highest BCUT2D eigenvalue weighted by atomic mass is 32.3. The Labute approximate surface area is 465 Å². The highest BCUT2D eigenvalue weighted by Crippen LogP contribution is 2.28. The topological polar surface area (TPSA) is 346 Å². The van der Waals surface area contributed by atoms with Gasteiger partial charge in [-0.15, -0.1) is 0 Å². The third-order valence-electron chi connectivity index (χ3n) is 14.7. The van der Waals surface area contributed by atoms with Crippen molar-refractivity contribution >= 4 is 57.7 Å². The number of phenolic OH excluding ortho intramolecular Hbond substituents is 2. The van der Waals surface area contributed by atoms with Gasteiger partial charge in [0.2, 0.25) is 35.4 Å². The zero-order valence-corrected chi connectivity index (χ0v) is 46.7. The lowest BCUT2D eigenvalue weighted by molar-refractivity contribution is -0.168. The number of rotatable bonds is 20. The number of likely N-dealkylation sites (N-methyl/N-ethyl adjacent to an activating group) is 1. The number of aryl methyl sites for hydroxylation is 2. The average molecular weight is 1140 g/mol. The van der Waals surface area contributed by atoms with Crippen molar-refractivity contribution < 1.29 is 80.3 Å². The molecule has 0 radical (unpaired) electrons. The minimum absolute atomic E-state index is 0.0414. The number of hydrogen-bond acceptors (Lipinski definition) is 16. The van der Waals surface area contributed by atoms with E-state index in [1.54, 1.807) is 82.3 Å². The van der Waals surface area contributed by atoms with Crippen molar-refractivity contribution in [3.05, 3.63) is 95.6 Å². The second kappa shape index (κ2) is 29.3. The van der Waals surface area contributed by atoms with Crippen molar-refractivity contribution in [1.82, 2.24) is 36.4 Å². The summed E-state index contributed by atoms with van der Waals surface area (Å²) in [5.41, 5.74) is 1.82. The van der Waals surface area contributed by atoms with Gasteiger partial charge in [-0.05, 0) is 98.2 Å². The number of piperidine rings is 1. The molecule has 2 aliphatic rings. The molecule has 2 heterocycles. The second-order valence-electron chi connectivity index (χ2n) is 20.3. The molecular formula is C55H75N7O17S. The van der Waals surface area contributed by atoms with E-state index in [9.17, 15) is 57.1 Å². The predicted octanol–water partition coefficient (Wildman–Crippen LogP) is 1.34. The lowest BCUT2D eigenvalue weighted by Gasteiger charge is -2.44. The first-order chi connectivity index (χ1) is 37.8. The summed E-state index contributed by atoms with van der Waals surface area (Å²) in [6.07, 6.45) is -4.74. The number of hydrogen-bond donors (Lipinski definition) is 9. The van der Waals surface area contributed by atoms with Crippen LogP contribution in [-0.4, -0.2) is 167 Å². The van der Waals surface area contributed by atoms with Gasteiger partial charge in [-0.25, -0.2) is 8.98 Å². The molecule has 0 aliphatic carbocycles. The molecule has 3 aromatic carbocycles. The van der Waals surface area contributed by atoms with Gasteiger partial charge in [0.05, 0.1) is 0 Å². The van der Waals surface area contributed by atoms with E-state index >= 15 is 9.59 Å². The molecule has 2 fully saturated rings. The monoisotopic (exact) mass is 1140 g/mol. The maximum absolute atomic E-state index is 15.1. The minimum atomic E-state index is -5.06. The van der Waals surface area contributed by atoms with E-state index in [1.165, 1.54) is 43.1 Å². The van der Waals surface area contributed by atoms with Gasteiger partial charge in [0.25, 0.3) is 5.91 Å². The number of benzene rings is 3. The standard InChI is InChI=1S/C55H75N7O17S/c1-8-31(3)45-55(73)79-33(5)46(60-49(67)40(26-20-35-17-23-38(64)24-18-35)56-51(69)43(77-7)30-78-80(74,75)76)52(70)57-39(25-19-34-15-21-37(63)22-16-34)48(66)58-41-27-28-44(65)62(53(41)71)47(32(4)9-2)54(72)61(6)42(50(68)59-45)29-36-13-11-10-12-14-36/h10-18,21-24,31-33,39-47,63-65H,8-9,19-20,25-30H2,1-7H3,(H,56,69)(H,57,70)(H,58,66)(H,59,68)(H,60,67)(H,74,75,76)/t31-,32+,33-,39+,40-,41+,42+,43-,44-,45+,46+,47+/m1/s1. The summed E-state index contributed by atoms with van der Waals surface area (Å²) in [5.74, 6) is -8.92. The molecule has 0 saturated carbocycles. The Morgan fingerprint density at radius 1 is 0.775 bits per heavy atom. The number of methoxy groups -OCH3 is 1. The fraction of sp³-hybridized carbons (Fsp3) is 0.527. The van der Waals surface area contributed by atoms with Crippen LogP contribution in [0.4, 0.5) is 0 Å². The number of aliphatic hydroxyl groups is 1. The van der Waals surface area contributed by atoms with Crippen molar-refractivity contribution in [1.29, 1.82) is 0 Å². The van der Waals surface area contributed by atoms with Crippen LogP contribution in [0.15, 0.2) is 78.9 Å². The first kappa shape index (κ1) is 63.6. The fourth-order valence-corrected chi connectivity index (χ4v) is 9.70. The minimum Gasteiger partial charge on any atom is -0.508 e. The van der Waals surface area contributed by atoms with E-state index in [0.717, 1.165) is 12.0 Å². The zero-order chi connectivity index (χ0) is 59.0. The Morgan fingerprint density at radius 3 is 1.95 bits per heavy atom. The molecule has 2 bridgehead atoms. The summed E-state index contributed by atoms with van der Waals surface area (Å²) >= 11 is 0. The maximum atomic E-state index is 15.1. The lowest BCUT2D eigenvalue weighted by Crippen LogP contribution is -2.66. The van der Waals surface area contributed by atoms with E-state index in [1.807, 2.05) is 0 Å². The molecule has 24 nitrogen and oxygen atoms in total. The Kier molecular flexibility index (Phi) is 23.3. The highest BCUT2D eigenvalue weighted by Gasteiger charge is 2.47. The van der Waals surface area contributed by atoms with Crippen molar-refractivity contribution in [2.45, 2.75) is 153 Å². The maximum Gasteiger partial charge on any atom is 0.397 e. The van der Waals surface area contributed by atoms with Crippen LogP contribution in [0.2, 0.25) is 0 Å². The van der Waals surface area contributed by atoms with Crippen LogP contribution in [-0.2, 0) is 81.7 Å². The normalized spacial score (nSPS) is 24.3. The van der Waals surface area contributed by atoms with Gasteiger partial charge in [-0.2, -0.15) is 8.42 Å². The summed E-state index contributed by atoms with van der Waals surface area (Å²) in [6.45, 7) is 7.16. The lowest BCUT2D eigenvalue weighted by atomic mass is 9.91. The molecule has 2 aliphatic heterocycles. The molecule has 0 aromatic heterocycles. The largest absolute Gasteiger partial charge is 0.508 e. The highest BCUT2D eigenvalue weighted by molar-refractivity contribution is 7.80. The molecule has 3 aromatic rings. The molecule has 9 N–H and O–H groups in total. The van der Waals surface area contributed by atoms with Gasteiger partial charge in [0.15, 0.2) is 6.10 Å². The molecule has 438 valence electrons. The number of nitrogens with one attached hydrogen (secondary N) is 5. The number of ether oxygens (including phenoxy) is 2. The second-order valence-corrected chi connectivity index (χ2v) is 21.4. The van der Waals surface area contributed by atoms with Crippen LogP contribution >= 0.6 is 0 Å². The quantitative estimate of drug-likeness (QED) is 0.0569. The number of fused-ring (bicyclic) bond motifs is 2. The number of aliphatic hydroxyl groups excluding tert-OH is 1. The van der Waals surface area contributed by atoms with Crippen LogP contribution in [0.25, 0.3) is 0 Å². The first-order valence-corrected chi connectivity index (χ1v) is 28.0. The average Bonchev–Trinajstić information content (AvgIpc) is 3.44. The van der Waals surface area contributed by atoms with Gasteiger partial charge in [0.1, 0.15) is 72.7 Å². The third-order valence-corrected chi connectivity index (χ3v) is 15.1. The number of phenols is 2. The SMILES string of the molecule is CC[C@@H](C)[C@@H]1NC(=O)[C@H](Cc2ccccc2)N(C)C(=O)[C@H]([C@@H](C)CC)N2C(=O)[C@H](CC[C@H]2O)NC(=O)[C@H](CCc2ccc(O)cc2)NC(=O)[C@@H](NC(=O)[C@@H](CCc2ccc(O)cc2)NC(=O)[C@@H](COS(=O)(=O)O)OC)[C@@H](C)OC1=O. The van der Waals surface area contributed by atoms with Crippen molar-refractivity contribution in [3.8, 4) is 11.5 Å². The molecule has 25 heteroatoms. The van der Waals surface area contributed by atoms with Crippen molar-refractivity contribution in [2.75, 3.05) is 20.8 Å².